The molecule has 0 N–H and O–H groups in total. The van der Waals surface area contributed by atoms with Crippen LogP contribution in [0.4, 0.5) is 0 Å². The number of fused-ring (bicyclic) bond motifs is 1. The second-order valence-electron chi connectivity index (χ2n) is 5.68. The number of carbonyl (C=O) groups is 1. The minimum absolute atomic E-state index is 0.189. The second kappa shape index (κ2) is 7.20. The summed E-state index contributed by atoms with van der Waals surface area (Å²) in [5, 5.41) is 8.84. The van der Waals surface area contributed by atoms with Gasteiger partial charge in [-0.1, -0.05) is 17.3 Å². The van der Waals surface area contributed by atoms with Gasteiger partial charge in [0.05, 0.1) is 33.3 Å². The zero-order chi connectivity index (χ0) is 19.6. The van der Waals surface area contributed by atoms with Crippen molar-refractivity contribution in [3.63, 3.8) is 0 Å². The van der Waals surface area contributed by atoms with E-state index in [1.54, 1.807) is 28.8 Å². The summed E-state index contributed by atoms with van der Waals surface area (Å²) in [5.74, 6) is 2.05. The van der Waals surface area contributed by atoms with Gasteiger partial charge in [0.25, 0.3) is 5.91 Å². The molecule has 0 fully saturated rings. The summed E-state index contributed by atoms with van der Waals surface area (Å²) in [6.07, 6.45) is 6.57. The fraction of sp³-hybridized carbons (Fsp3) is 0.105. The lowest BCUT2D eigenvalue weighted by atomic mass is 10.1. The van der Waals surface area contributed by atoms with Crippen molar-refractivity contribution in [2.24, 2.45) is 4.99 Å². The van der Waals surface area contributed by atoms with Gasteiger partial charge < -0.3 is 4.57 Å². The van der Waals surface area contributed by atoms with Gasteiger partial charge in [-0.05, 0) is 42.5 Å². The number of amides is 1. The van der Waals surface area contributed by atoms with Crippen molar-refractivity contribution in [1.29, 1.82) is 5.26 Å². The molecule has 3 rings (SSSR count). The largest absolute Gasteiger partial charge is 0.305 e. The molecule has 8 heteroatoms. The van der Waals surface area contributed by atoms with Gasteiger partial charge in [-0.3, -0.25) is 4.79 Å². The van der Waals surface area contributed by atoms with Gasteiger partial charge in [0, 0.05) is 11.8 Å². The number of aromatic nitrogens is 1. The number of terminal acetylenes is 1. The highest BCUT2D eigenvalue weighted by Gasteiger charge is 2.13. The van der Waals surface area contributed by atoms with Gasteiger partial charge in [0.1, 0.15) is 0 Å². The lowest BCUT2D eigenvalue weighted by Crippen LogP contribution is -2.16. The fourth-order valence-corrected chi connectivity index (χ4v) is 4.24. The van der Waals surface area contributed by atoms with Crippen molar-refractivity contribution in [1.82, 2.24) is 4.57 Å². The van der Waals surface area contributed by atoms with Crippen LogP contribution in [0.2, 0.25) is 0 Å². The van der Waals surface area contributed by atoms with E-state index in [0.29, 0.717) is 26.1 Å². The second-order valence-corrected chi connectivity index (χ2v) is 8.71. The Kier molecular flexibility index (Phi) is 4.95. The average molecular weight is 395 g/mol. The first kappa shape index (κ1) is 18.6. The molecule has 6 nitrogen and oxygen atoms in total. The maximum Gasteiger partial charge on any atom is 0.279 e. The predicted octanol–water partition coefficient (Wildman–Crippen LogP) is 2.35. The van der Waals surface area contributed by atoms with E-state index in [-0.39, 0.29) is 11.4 Å². The van der Waals surface area contributed by atoms with Gasteiger partial charge in [-0.2, -0.15) is 10.3 Å². The van der Waals surface area contributed by atoms with Crippen molar-refractivity contribution >= 4 is 37.3 Å². The number of hydrogen-bond acceptors (Lipinski definition) is 5. The summed E-state index contributed by atoms with van der Waals surface area (Å²) in [6.45, 7) is 0.192. The standard InChI is InChI=1S/C19H13N3O3S2/c1-3-10-22-16-9-8-15(27(2,24)25)11-17(16)26-19(22)21-18(23)14-6-4-13(12-20)5-7-14/h1,4-9,11H,10H2,2H3. The molecule has 0 unspecified atom stereocenters. The fourth-order valence-electron chi connectivity index (χ4n) is 2.45. The molecular formula is C19H13N3O3S2. The highest BCUT2D eigenvalue weighted by molar-refractivity contribution is 7.90. The van der Waals surface area contributed by atoms with Crippen LogP contribution < -0.4 is 4.80 Å². The molecular weight excluding hydrogens is 382 g/mol. The van der Waals surface area contributed by atoms with Gasteiger partial charge in [0.2, 0.25) is 0 Å². The Bertz CT molecular complexity index is 1300. The summed E-state index contributed by atoms with van der Waals surface area (Å²) in [5.41, 5.74) is 1.50. The van der Waals surface area contributed by atoms with Crippen molar-refractivity contribution in [2.45, 2.75) is 11.4 Å². The Hall–Kier alpha value is -3.20. The Morgan fingerprint density at radius 2 is 1.96 bits per heavy atom. The molecule has 0 atom stereocenters. The van der Waals surface area contributed by atoms with E-state index < -0.39 is 15.7 Å². The number of benzene rings is 2. The van der Waals surface area contributed by atoms with E-state index in [0.717, 1.165) is 6.26 Å². The summed E-state index contributed by atoms with van der Waals surface area (Å²) in [7, 11) is -3.35. The van der Waals surface area contributed by atoms with Crippen LogP contribution in [0.25, 0.3) is 10.2 Å². The molecule has 27 heavy (non-hydrogen) atoms. The molecule has 2 aromatic carbocycles. The maximum atomic E-state index is 12.5. The van der Waals surface area contributed by atoms with E-state index >= 15 is 0 Å². The summed E-state index contributed by atoms with van der Waals surface area (Å²) >= 11 is 1.19. The van der Waals surface area contributed by atoms with Crippen LogP contribution in [0.3, 0.4) is 0 Å². The number of rotatable bonds is 3. The zero-order valence-electron chi connectivity index (χ0n) is 14.2. The average Bonchev–Trinajstić information content (AvgIpc) is 2.98. The number of hydrogen-bond donors (Lipinski definition) is 0. The third kappa shape index (κ3) is 3.82. The number of sulfone groups is 1. The first-order valence-electron chi connectivity index (χ1n) is 7.69. The van der Waals surface area contributed by atoms with Crippen LogP contribution in [-0.2, 0) is 16.4 Å². The Morgan fingerprint density at radius 1 is 1.26 bits per heavy atom. The number of nitrogens with zero attached hydrogens (tertiary/aromatic N) is 3. The van der Waals surface area contributed by atoms with Crippen LogP contribution in [-0.4, -0.2) is 25.1 Å². The van der Waals surface area contributed by atoms with Crippen LogP contribution in [0.5, 0.6) is 0 Å². The van der Waals surface area contributed by atoms with Crippen LogP contribution in [0, 0.1) is 23.7 Å². The lowest BCUT2D eigenvalue weighted by Gasteiger charge is -2.01. The first-order valence-corrected chi connectivity index (χ1v) is 10.4. The molecule has 3 aromatic rings. The summed E-state index contributed by atoms with van der Waals surface area (Å²) < 4.78 is 25.9. The Balaban J connectivity index is 2.15. The molecule has 0 saturated heterocycles. The van der Waals surface area contributed by atoms with E-state index in [1.807, 2.05) is 6.07 Å². The molecule has 0 bridgehead atoms. The molecule has 0 aliphatic carbocycles. The van der Waals surface area contributed by atoms with Crippen molar-refractivity contribution in [2.75, 3.05) is 6.26 Å². The minimum atomic E-state index is -3.35. The van der Waals surface area contributed by atoms with Crippen LogP contribution >= 0.6 is 11.3 Å². The van der Waals surface area contributed by atoms with E-state index in [9.17, 15) is 13.2 Å². The van der Waals surface area contributed by atoms with E-state index in [1.165, 1.54) is 29.5 Å². The van der Waals surface area contributed by atoms with Crippen molar-refractivity contribution in [3.05, 3.63) is 58.4 Å². The topological polar surface area (TPSA) is 92.3 Å². The lowest BCUT2D eigenvalue weighted by molar-refractivity contribution is 0.0998. The molecule has 1 amide bonds. The molecule has 1 aromatic heterocycles. The maximum absolute atomic E-state index is 12.5. The molecule has 0 spiro atoms. The normalized spacial score (nSPS) is 11.9. The Labute approximate surface area is 160 Å². The van der Waals surface area contributed by atoms with E-state index in [2.05, 4.69) is 10.9 Å². The number of thiazole rings is 1. The highest BCUT2D eigenvalue weighted by atomic mass is 32.2. The molecule has 0 saturated carbocycles. The molecule has 1 heterocycles. The molecule has 0 radical (unpaired) electrons. The zero-order valence-corrected chi connectivity index (χ0v) is 15.8. The van der Waals surface area contributed by atoms with Gasteiger partial charge in [0.15, 0.2) is 14.6 Å². The molecule has 134 valence electrons. The van der Waals surface area contributed by atoms with Crippen molar-refractivity contribution in [3.8, 4) is 18.4 Å². The first-order chi connectivity index (χ1) is 12.8. The smallest absolute Gasteiger partial charge is 0.279 e. The summed E-state index contributed by atoms with van der Waals surface area (Å²) in [4.78, 5) is 17.2. The molecule has 0 aliphatic rings. The van der Waals surface area contributed by atoms with E-state index in [4.69, 9.17) is 11.7 Å². The van der Waals surface area contributed by atoms with Crippen LogP contribution in [0.15, 0.2) is 52.4 Å². The van der Waals surface area contributed by atoms with Crippen LogP contribution in [0.1, 0.15) is 15.9 Å². The monoisotopic (exact) mass is 395 g/mol. The summed E-state index contributed by atoms with van der Waals surface area (Å²) in [6, 6.07) is 12.9. The highest BCUT2D eigenvalue weighted by Crippen LogP contribution is 2.22. The third-order valence-corrected chi connectivity index (χ3v) is 5.94. The third-order valence-electron chi connectivity index (χ3n) is 3.79. The minimum Gasteiger partial charge on any atom is -0.305 e. The number of carbonyl (C=O) groups excluding carboxylic acids is 1. The van der Waals surface area contributed by atoms with Gasteiger partial charge in [-0.15, -0.1) is 6.42 Å². The Morgan fingerprint density at radius 3 is 2.56 bits per heavy atom. The molecule has 0 aliphatic heterocycles. The predicted molar refractivity (Wildman–Crippen MR) is 103 cm³/mol. The van der Waals surface area contributed by atoms with Gasteiger partial charge >= 0.3 is 0 Å². The number of nitriles is 1. The van der Waals surface area contributed by atoms with Gasteiger partial charge in [-0.25, -0.2) is 8.42 Å². The quantitative estimate of drug-likeness (QED) is 0.637. The van der Waals surface area contributed by atoms with Crippen molar-refractivity contribution < 1.29 is 13.2 Å². The SMILES string of the molecule is C#CCn1c(=NC(=O)c2ccc(C#N)cc2)sc2cc(S(C)(=O)=O)ccc21.